The number of hydrogen-bond acceptors (Lipinski definition) is 5. The lowest BCUT2D eigenvalue weighted by Crippen LogP contribution is -2.04. The third-order valence-electron chi connectivity index (χ3n) is 4.01. The van der Waals surface area contributed by atoms with Gasteiger partial charge in [0.2, 0.25) is 5.89 Å². The number of halogens is 1. The molecule has 0 saturated heterocycles. The van der Waals surface area contributed by atoms with E-state index in [1.165, 1.54) is 16.7 Å². The minimum absolute atomic E-state index is 0.481. The molecule has 0 aliphatic heterocycles. The molecule has 3 rings (SSSR count). The van der Waals surface area contributed by atoms with Gasteiger partial charge in [0, 0.05) is 5.75 Å². The Balaban J connectivity index is 1.68. The number of rotatable bonds is 5. The molecule has 126 valence electrons. The van der Waals surface area contributed by atoms with Crippen LogP contribution in [0.4, 0.5) is 0 Å². The summed E-state index contributed by atoms with van der Waals surface area (Å²) in [7, 11) is 0. The Bertz CT molecular complexity index is 851. The Kier molecular flexibility index (Phi) is 5.10. The molecule has 0 atom stereocenters. The lowest BCUT2D eigenvalue weighted by Gasteiger charge is -2.07. The molecule has 0 N–H and O–H groups in total. The van der Waals surface area contributed by atoms with Crippen molar-refractivity contribution in [3.05, 3.63) is 56.6 Å². The molecule has 24 heavy (non-hydrogen) atoms. The molecule has 0 aliphatic carbocycles. The van der Waals surface area contributed by atoms with Gasteiger partial charge in [0.15, 0.2) is 0 Å². The fourth-order valence-corrected chi connectivity index (χ4v) is 3.79. The molecule has 2 heterocycles. The standard InChI is InChI=1S/C17H19BrN4OS/c1-10-6-5-7-11(2)14(10)9-24-17-20-19-15(23-17)8-22-13(4)16(18)12(3)21-22/h5-7H,8-9H2,1-4H3. The van der Waals surface area contributed by atoms with Gasteiger partial charge < -0.3 is 4.42 Å². The van der Waals surface area contributed by atoms with Gasteiger partial charge in [-0.05, 0) is 60.3 Å². The molecule has 7 heteroatoms. The van der Waals surface area contributed by atoms with Crippen LogP contribution in [0.3, 0.4) is 0 Å². The van der Waals surface area contributed by atoms with E-state index in [4.69, 9.17) is 4.42 Å². The van der Waals surface area contributed by atoms with Crippen LogP contribution < -0.4 is 0 Å². The van der Waals surface area contributed by atoms with Crippen molar-refractivity contribution in [2.24, 2.45) is 0 Å². The van der Waals surface area contributed by atoms with Crippen LogP contribution >= 0.6 is 27.7 Å². The van der Waals surface area contributed by atoms with Crippen LogP contribution in [0.2, 0.25) is 0 Å². The topological polar surface area (TPSA) is 56.7 Å². The second-order valence-electron chi connectivity index (χ2n) is 5.76. The first-order valence-electron chi connectivity index (χ1n) is 7.65. The second-order valence-corrected chi connectivity index (χ2v) is 7.48. The van der Waals surface area contributed by atoms with E-state index in [0.29, 0.717) is 17.7 Å². The molecule has 5 nitrogen and oxygen atoms in total. The van der Waals surface area contributed by atoms with Gasteiger partial charge in [0.1, 0.15) is 6.54 Å². The van der Waals surface area contributed by atoms with Crippen LogP contribution in [-0.2, 0) is 12.3 Å². The fraction of sp³-hybridized carbons (Fsp3) is 0.353. The van der Waals surface area contributed by atoms with Crippen molar-refractivity contribution in [2.75, 3.05) is 0 Å². The van der Waals surface area contributed by atoms with Crippen LogP contribution in [0.5, 0.6) is 0 Å². The van der Waals surface area contributed by atoms with Gasteiger partial charge in [-0.15, -0.1) is 10.2 Å². The van der Waals surface area contributed by atoms with E-state index in [9.17, 15) is 0 Å². The highest BCUT2D eigenvalue weighted by Crippen LogP contribution is 2.26. The number of hydrogen-bond donors (Lipinski definition) is 0. The SMILES string of the molecule is Cc1cccc(C)c1CSc1nnc(Cn2nc(C)c(Br)c2C)o1. The Labute approximate surface area is 154 Å². The van der Waals surface area contributed by atoms with Crippen molar-refractivity contribution in [3.63, 3.8) is 0 Å². The van der Waals surface area contributed by atoms with E-state index < -0.39 is 0 Å². The quantitative estimate of drug-likeness (QED) is 0.579. The minimum atomic E-state index is 0.481. The zero-order chi connectivity index (χ0) is 17.3. The van der Waals surface area contributed by atoms with Gasteiger partial charge >= 0.3 is 0 Å². The summed E-state index contributed by atoms with van der Waals surface area (Å²) in [6.45, 7) is 8.71. The number of benzene rings is 1. The average molecular weight is 407 g/mol. The highest BCUT2D eigenvalue weighted by Gasteiger charge is 2.13. The zero-order valence-electron chi connectivity index (χ0n) is 14.1. The maximum absolute atomic E-state index is 5.76. The first-order chi connectivity index (χ1) is 11.5. The molecule has 0 amide bonds. The maximum Gasteiger partial charge on any atom is 0.276 e. The van der Waals surface area contributed by atoms with Gasteiger partial charge in [0.25, 0.3) is 5.22 Å². The number of nitrogens with zero attached hydrogens (tertiary/aromatic N) is 4. The largest absolute Gasteiger partial charge is 0.414 e. The van der Waals surface area contributed by atoms with E-state index in [1.54, 1.807) is 11.8 Å². The second kappa shape index (κ2) is 7.11. The summed E-state index contributed by atoms with van der Waals surface area (Å²) in [6, 6.07) is 6.34. The summed E-state index contributed by atoms with van der Waals surface area (Å²) in [5.41, 5.74) is 5.90. The van der Waals surface area contributed by atoms with E-state index in [0.717, 1.165) is 21.6 Å². The maximum atomic E-state index is 5.76. The predicted molar refractivity (Wildman–Crippen MR) is 98.3 cm³/mol. The summed E-state index contributed by atoms with van der Waals surface area (Å²) >= 11 is 5.10. The van der Waals surface area contributed by atoms with Crippen molar-refractivity contribution < 1.29 is 4.42 Å². The lowest BCUT2D eigenvalue weighted by atomic mass is 10.1. The van der Waals surface area contributed by atoms with Crippen LogP contribution in [0.1, 0.15) is 34.0 Å². The molecule has 0 radical (unpaired) electrons. The number of thioether (sulfide) groups is 1. The highest BCUT2D eigenvalue weighted by atomic mass is 79.9. The Hall–Kier alpha value is -1.60. The van der Waals surface area contributed by atoms with Gasteiger partial charge in [-0.25, -0.2) is 0 Å². The molecule has 3 aromatic rings. The third kappa shape index (κ3) is 3.57. The summed E-state index contributed by atoms with van der Waals surface area (Å²) in [5, 5.41) is 13.3. The Morgan fingerprint density at radius 3 is 2.46 bits per heavy atom. The smallest absolute Gasteiger partial charge is 0.276 e. The normalized spacial score (nSPS) is 11.2. The molecule has 0 fully saturated rings. The molecule has 0 spiro atoms. The van der Waals surface area contributed by atoms with Gasteiger partial charge in [0.05, 0.1) is 15.9 Å². The van der Waals surface area contributed by atoms with Crippen molar-refractivity contribution in [1.82, 2.24) is 20.0 Å². The van der Waals surface area contributed by atoms with E-state index in [2.05, 4.69) is 63.3 Å². The molecule has 0 saturated carbocycles. The first kappa shape index (κ1) is 17.2. The summed E-state index contributed by atoms with van der Waals surface area (Å²) in [6.07, 6.45) is 0. The summed E-state index contributed by atoms with van der Waals surface area (Å²) in [5.74, 6) is 1.39. The Morgan fingerprint density at radius 1 is 1.12 bits per heavy atom. The van der Waals surface area contributed by atoms with Crippen molar-refractivity contribution >= 4 is 27.7 Å². The van der Waals surface area contributed by atoms with E-state index in [1.807, 2.05) is 18.5 Å². The number of aryl methyl sites for hydroxylation is 3. The van der Waals surface area contributed by atoms with Crippen LogP contribution in [0, 0.1) is 27.7 Å². The molecular weight excluding hydrogens is 388 g/mol. The van der Waals surface area contributed by atoms with Crippen LogP contribution in [0.15, 0.2) is 32.3 Å². The molecule has 0 aliphatic rings. The van der Waals surface area contributed by atoms with Crippen molar-refractivity contribution in [3.8, 4) is 0 Å². The van der Waals surface area contributed by atoms with Gasteiger partial charge in [-0.1, -0.05) is 30.0 Å². The molecule has 0 bridgehead atoms. The summed E-state index contributed by atoms with van der Waals surface area (Å²) < 4.78 is 8.65. The highest BCUT2D eigenvalue weighted by molar-refractivity contribution is 9.10. The average Bonchev–Trinajstić information content (AvgIpc) is 3.08. The third-order valence-corrected chi connectivity index (χ3v) is 6.00. The molecular formula is C17H19BrN4OS. The molecule has 1 aromatic carbocycles. The summed E-state index contributed by atoms with van der Waals surface area (Å²) in [4.78, 5) is 0. The van der Waals surface area contributed by atoms with E-state index in [-0.39, 0.29) is 0 Å². The molecule has 0 unspecified atom stereocenters. The van der Waals surface area contributed by atoms with Crippen molar-refractivity contribution in [2.45, 2.75) is 45.2 Å². The van der Waals surface area contributed by atoms with Crippen LogP contribution in [-0.4, -0.2) is 20.0 Å². The minimum Gasteiger partial charge on any atom is -0.414 e. The Morgan fingerprint density at radius 2 is 1.83 bits per heavy atom. The van der Waals surface area contributed by atoms with Gasteiger partial charge in [-0.3, -0.25) is 4.68 Å². The first-order valence-corrected chi connectivity index (χ1v) is 9.43. The zero-order valence-corrected chi connectivity index (χ0v) is 16.5. The van der Waals surface area contributed by atoms with E-state index >= 15 is 0 Å². The van der Waals surface area contributed by atoms with Gasteiger partial charge in [-0.2, -0.15) is 5.10 Å². The fourth-order valence-electron chi connectivity index (χ4n) is 2.53. The van der Waals surface area contributed by atoms with Crippen molar-refractivity contribution in [1.29, 1.82) is 0 Å². The predicted octanol–water partition coefficient (Wildman–Crippen LogP) is 4.60. The van der Waals surface area contributed by atoms with Crippen LogP contribution in [0.25, 0.3) is 0 Å². The monoisotopic (exact) mass is 406 g/mol. The lowest BCUT2D eigenvalue weighted by molar-refractivity contribution is 0.396. The number of aromatic nitrogens is 4. The molecule has 2 aromatic heterocycles.